The van der Waals surface area contributed by atoms with E-state index >= 15 is 0 Å². The van der Waals surface area contributed by atoms with E-state index in [2.05, 4.69) is 11.8 Å². The van der Waals surface area contributed by atoms with Crippen molar-refractivity contribution in [2.24, 2.45) is 11.7 Å². The molecule has 0 bridgehead atoms. The molecule has 2 aliphatic rings. The molecule has 1 amide bonds. The third-order valence-electron chi connectivity index (χ3n) is 3.61. The Balaban J connectivity index is 1.82. The van der Waals surface area contributed by atoms with Crippen molar-refractivity contribution in [3.63, 3.8) is 0 Å². The highest BCUT2D eigenvalue weighted by Crippen LogP contribution is 2.35. The van der Waals surface area contributed by atoms with E-state index in [1.807, 2.05) is 0 Å². The Hall–Kier alpha value is -0.570. The predicted molar refractivity (Wildman–Crippen MR) is 65.0 cm³/mol. The van der Waals surface area contributed by atoms with Gasteiger partial charge < -0.3 is 10.6 Å². The smallest absolute Gasteiger partial charge is 0.239 e. The first-order valence-corrected chi connectivity index (χ1v) is 6.78. The van der Waals surface area contributed by atoms with Crippen LogP contribution in [0.1, 0.15) is 51.9 Å². The Morgan fingerprint density at radius 2 is 2.06 bits per heavy atom. The number of unbranched alkanes of at least 4 members (excludes halogenated alkanes) is 1. The van der Waals surface area contributed by atoms with Gasteiger partial charge in [-0.05, 0) is 38.0 Å². The lowest BCUT2D eigenvalue weighted by molar-refractivity contribution is -0.133. The minimum Gasteiger partial charge on any atom is -0.338 e. The van der Waals surface area contributed by atoms with E-state index in [0.717, 1.165) is 31.7 Å². The first kappa shape index (κ1) is 11.9. The van der Waals surface area contributed by atoms with E-state index in [4.69, 9.17) is 5.73 Å². The zero-order valence-corrected chi connectivity index (χ0v) is 10.3. The van der Waals surface area contributed by atoms with Gasteiger partial charge in [0.1, 0.15) is 0 Å². The van der Waals surface area contributed by atoms with Crippen molar-refractivity contribution >= 4 is 5.91 Å². The van der Waals surface area contributed by atoms with Crippen molar-refractivity contribution in [2.75, 3.05) is 6.54 Å². The lowest BCUT2D eigenvalue weighted by Crippen LogP contribution is -2.45. The maximum absolute atomic E-state index is 12.2. The molecule has 0 saturated heterocycles. The molecule has 0 radical (unpaired) electrons. The van der Waals surface area contributed by atoms with Gasteiger partial charge in [0.2, 0.25) is 5.91 Å². The van der Waals surface area contributed by atoms with Crippen LogP contribution in [0.25, 0.3) is 0 Å². The third-order valence-corrected chi connectivity index (χ3v) is 3.61. The molecule has 92 valence electrons. The second-order valence-corrected chi connectivity index (χ2v) is 5.41. The molecular weight excluding hydrogens is 200 g/mol. The minimum atomic E-state index is -0.251. The lowest BCUT2D eigenvalue weighted by atomic mass is 10.1. The number of nitrogens with zero attached hydrogens (tertiary/aromatic N) is 1. The molecule has 0 aliphatic heterocycles. The molecule has 2 aliphatic carbocycles. The molecule has 1 atom stereocenters. The number of nitrogens with two attached hydrogens (primary N) is 1. The van der Waals surface area contributed by atoms with Crippen molar-refractivity contribution < 1.29 is 4.79 Å². The van der Waals surface area contributed by atoms with Crippen LogP contribution in [0.5, 0.6) is 0 Å². The van der Waals surface area contributed by atoms with Crippen molar-refractivity contribution in [1.82, 2.24) is 4.90 Å². The standard InChI is InChI=1S/C13H24N2O/c1-2-3-4-12(14)13(16)15(11-7-8-11)9-10-5-6-10/h10-12H,2-9,14H2,1H3/t12-/m0/s1. The Kier molecular flexibility index (Phi) is 3.85. The van der Waals surface area contributed by atoms with Crippen molar-refractivity contribution in [3.05, 3.63) is 0 Å². The largest absolute Gasteiger partial charge is 0.338 e. The van der Waals surface area contributed by atoms with Gasteiger partial charge in [0, 0.05) is 12.6 Å². The van der Waals surface area contributed by atoms with Crippen LogP contribution in [-0.4, -0.2) is 29.4 Å². The van der Waals surface area contributed by atoms with Crippen LogP contribution in [0, 0.1) is 5.92 Å². The summed E-state index contributed by atoms with van der Waals surface area (Å²) in [7, 11) is 0. The van der Waals surface area contributed by atoms with Crippen molar-refractivity contribution in [3.8, 4) is 0 Å². The monoisotopic (exact) mass is 224 g/mol. The van der Waals surface area contributed by atoms with Crippen molar-refractivity contribution in [2.45, 2.75) is 64.0 Å². The van der Waals surface area contributed by atoms with Crippen molar-refractivity contribution in [1.29, 1.82) is 0 Å². The first-order valence-electron chi connectivity index (χ1n) is 6.78. The Bertz CT molecular complexity index is 246. The highest BCUT2D eigenvalue weighted by Gasteiger charge is 2.37. The van der Waals surface area contributed by atoms with Crippen LogP contribution in [0.15, 0.2) is 0 Å². The predicted octanol–water partition coefficient (Wildman–Crippen LogP) is 1.90. The van der Waals surface area contributed by atoms with E-state index in [0.29, 0.717) is 6.04 Å². The molecule has 0 aromatic heterocycles. The highest BCUT2D eigenvalue weighted by atomic mass is 16.2. The molecular formula is C13H24N2O. The number of amides is 1. The van der Waals surface area contributed by atoms with Gasteiger partial charge in [-0.2, -0.15) is 0 Å². The summed E-state index contributed by atoms with van der Waals surface area (Å²) in [5.74, 6) is 0.991. The van der Waals surface area contributed by atoms with Crippen LogP contribution < -0.4 is 5.73 Å². The zero-order chi connectivity index (χ0) is 11.5. The van der Waals surface area contributed by atoms with E-state index in [1.54, 1.807) is 0 Å². The molecule has 2 fully saturated rings. The molecule has 2 saturated carbocycles. The quantitative estimate of drug-likeness (QED) is 0.718. The van der Waals surface area contributed by atoms with Gasteiger partial charge in [0.25, 0.3) is 0 Å². The number of hydrogen-bond donors (Lipinski definition) is 1. The Labute approximate surface area is 98.4 Å². The average Bonchev–Trinajstić information content (AvgIpc) is 3.14. The first-order chi connectivity index (χ1) is 7.72. The topological polar surface area (TPSA) is 46.3 Å². The molecule has 0 unspecified atom stereocenters. The minimum absolute atomic E-state index is 0.211. The molecule has 0 spiro atoms. The number of hydrogen-bond acceptors (Lipinski definition) is 2. The van der Waals surface area contributed by atoms with E-state index in [9.17, 15) is 4.79 Å². The normalized spacial score (nSPS) is 21.9. The fourth-order valence-corrected chi connectivity index (χ4v) is 2.14. The fraction of sp³-hybridized carbons (Fsp3) is 0.923. The fourth-order valence-electron chi connectivity index (χ4n) is 2.14. The molecule has 16 heavy (non-hydrogen) atoms. The van der Waals surface area contributed by atoms with Crippen LogP contribution in [0.3, 0.4) is 0 Å². The summed E-state index contributed by atoms with van der Waals surface area (Å²) < 4.78 is 0. The second-order valence-electron chi connectivity index (χ2n) is 5.41. The zero-order valence-electron chi connectivity index (χ0n) is 10.3. The molecule has 0 heterocycles. The van der Waals surface area contributed by atoms with Gasteiger partial charge in [-0.15, -0.1) is 0 Å². The number of rotatable bonds is 7. The summed E-state index contributed by atoms with van der Waals surface area (Å²) in [5.41, 5.74) is 5.97. The molecule has 2 rings (SSSR count). The summed E-state index contributed by atoms with van der Waals surface area (Å²) in [6.45, 7) is 3.11. The highest BCUT2D eigenvalue weighted by molar-refractivity contribution is 5.82. The summed E-state index contributed by atoms with van der Waals surface area (Å²) >= 11 is 0. The van der Waals surface area contributed by atoms with Gasteiger partial charge in [0.05, 0.1) is 6.04 Å². The van der Waals surface area contributed by atoms with Gasteiger partial charge >= 0.3 is 0 Å². The Morgan fingerprint density at radius 3 is 2.56 bits per heavy atom. The third kappa shape index (κ3) is 3.21. The van der Waals surface area contributed by atoms with Crippen LogP contribution in [-0.2, 0) is 4.79 Å². The summed E-state index contributed by atoms with van der Waals surface area (Å²) in [4.78, 5) is 14.3. The van der Waals surface area contributed by atoms with E-state index in [-0.39, 0.29) is 11.9 Å². The van der Waals surface area contributed by atoms with Crippen LogP contribution in [0.4, 0.5) is 0 Å². The summed E-state index contributed by atoms with van der Waals surface area (Å²) in [5, 5.41) is 0. The Morgan fingerprint density at radius 1 is 1.38 bits per heavy atom. The molecule has 2 N–H and O–H groups in total. The van der Waals surface area contributed by atoms with Gasteiger partial charge in [0.15, 0.2) is 0 Å². The van der Waals surface area contributed by atoms with E-state index in [1.165, 1.54) is 25.7 Å². The summed E-state index contributed by atoms with van der Waals surface area (Å²) in [6.07, 6.45) is 8.03. The van der Waals surface area contributed by atoms with E-state index < -0.39 is 0 Å². The van der Waals surface area contributed by atoms with Crippen LogP contribution in [0.2, 0.25) is 0 Å². The average molecular weight is 224 g/mol. The summed E-state index contributed by atoms with van der Waals surface area (Å²) in [6, 6.07) is 0.278. The molecule has 0 aromatic carbocycles. The second kappa shape index (κ2) is 5.17. The van der Waals surface area contributed by atoms with Gasteiger partial charge in [-0.1, -0.05) is 19.8 Å². The van der Waals surface area contributed by atoms with Gasteiger partial charge in [-0.3, -0.25) is 4.79 Å². The van der Waals surface area contributed by atoms with Crippen LogP contribution >= 0.6 is 0 Å². The van der Waals surface area contributed by atoms with Gasteiger partial charge in [-0.25, -0.2) is 0 Å². The molecule has 3 heteroatoms. The maximum Gasteiger partial charge on any atom is 0.239 e. The SMILES string of the molecule is CCCC[C@H](N)C(=O)N(CC1CC1)C1CC1. The molecule has 0 aromatic rings. The number of carbonyl (C=O) groups excluding carboxylic acids is 1. The maximum atomic E-state index is 12.2. The lowest BCUT2D eigenvalue weighted by Gasteiger charge is -2.25. The molecule has 3 nitrogen and oxygen atoms in total. The number of carbonyl (C=O) groups is 1.